The number of carbonyl (C=O) groups is 2. The summed E-state index contributed by atoms with van der Waals surface area (Å²) in [6.07, 6.45) is -4.01. The molecule has 1 fully saturated rings. The van der Waals surface area contributed by atoms with Crippen molar-refractivity contribution in [1.82, 2.24) is 0 Å². The molecule has 13 heteroatoms. The van der Waals surface area contributed by atoms with E-state index in [1.54, 1.807) is 0 Å². The van der Waals surface area contributed by atoms with Gasteiger partial charge < -0.3 is 23.7 Å². The Balaban J connectivity index is 1.51. The lowest BCUT2D eigenvalue weighted by molar-refractivity contribution is -0.385. The van der Waals surface area contributed by atoms with Gasteiger partial charge in [-0.2, -0.15) is 0 Å². The molecular weight excluding hydrogens is 528 g/mol. The molecule has 1 aliphatic rings. The fourth-order valence-corrected chi connectivity index (χ4v) is 3.97. The van der Waals surface area contributed by atoms with Crippen LogP contribution < -0.4 is 0 Å². The van der Waals surface area contributed by atoms with Crippen molar-refractivity contribution < 1.29 is 43.1 Å². The molecule has 0 aromatic heterocycles. The number of hydrogen-bond donors (Lipinski definition) is 0. The SMILES string of the molecule is CO[C@@H]1O[C@@H](COC(=O)c2ccc([N+](=O)[O-])cc2)[C@@H](OC(=O)c2ccc([N+](=O)[O-])cc2)[C@@H]1OCc1ccccc1. The predicted octanol–water partition coefficient (Wildman–Crippen LogP) is 3.84. The Kier molecular flexibility index (Phi) is 9.11. The van der Waals surface area contributed by atoms with Gasteiger partial charge in [-0.25, -0.2) is 9.59 Å². The van der Waals surface area contributed by atoms with E-state index >= 15 is 0 Å². The van der Waals surface area contributed by atoms with Crippen LogP contribution in [0.5, 0.6) is 0 Å². The van der Waals surface area contributed by atoms with Gasteiger partial charge in [0.15, 0.2) is 12.4 Å². The van der Waals surface area contributed by atoms with Gasteiger partial charge in [-0.15, -0.1) is 0 Å². The average molecular weight is 552 g/mol. The molecule has 4 rings (SSSR count). The van der Waals surface area contributed by atoms with Crippen molar-refractivity contribution in [1.29, 1.82) is 0 Å². The van der Waals surface area contributed by atoms with Gasteiger partial charge in [-0.1, -0.05) is 30.3 Å². The van der Waals surface area contributed by atoms with Gasteiger partial charge in [0.25, 0.3) is 11.4 Å². The highest BCUT2D eigenvalue weighted by molar-refractivity contribution is 5.90. The normalized spacial score (nSPS) is 20.0. The van der Waals surface area contributed by atoms with Crippen LogP contribution in [0, 0.1) is 20.2 Å². The van der Waals surface area contributed by atoms with Crippen molar-refractivity contribution in [3.8, 4) is 0 Å². The highest BCUT2D eigenvalue weighted by atomic mass is 16.7. The van der Waals surface area contributed by atoms with E-state index in [0.717, 1.165) is 5.56 Å². The molecule has 3 aromatic carbocycles. The van der Waals surface area contributed by atoms with Crippen molar-refractivity contribution in [3.63, 3.8) is 0 Å². The standard InChI is InChI=1S/C27H24N2O11/c1-36-27-24(37-15-17-5-3-2-4-6-17)23(40-26(31)19-9-13-21(14-10-19)29(34)35)22(39-27)16-38-25(30)18-7-11-20(12-8-18)28(32)33/h2-14,22-24,27H,15-16H2,1H3/t22-,23+,24-,27+/m0/s1. The molecule has 0 spiro atoms. The molecule has 0 aliphatic carbocycles. The smallest absolute Gasteiger partial charge is 0.338 e. The van der Waals surface area contributed by atoms with Gasteiger partial charge >= 0.3 is 11.9 Å². The summed E-state index contributed by atoms with van der Waals surface area (Å²) in [5.74, 6) is -1.58. The lowest BCUT2D eigenvalue weighted by Crippen LogP contribution is -2.41. The number of nitrogens with zero attached hydrogens (tertiary/aromatic N) is 2. The molecule has 208 valence electrons. The summed E-state index contributed by atoms with van der Waals surface area (Å²) in [4.78, 5) is 46.2. The van der Waals surface area contributed by atoms with E-state index in [0.29, 0.717) is 0 Å². The average Bonchev–Trinajstić information content (AvgIpc) is 3.31. The third-order valence-electron chi connectivity index (χ3n) is 6.03. The zero-order valence-electron chi connectivity index (χ0n) is 21.1. The maximum Gasteiger partial charge on any atom is 0.338 e. The van der Waals surface area contributed by atoms with Crippen LogP contribution in [0.3, 0.4) is 0 Å². The molecule has 40 heavy (non-hydrogen) atoms. The highest BCUT2D eigenvalue weighted by Gasteiger charge is 2.49. The van der Waals surface area contributed by atoms with Gasteiger partial charge in [-0.3, -0.25) is 20.2 Å². The van der Waals surface area contributed by atoms with Crippen molar-refractivity contribution >= 4 is 23.3 Å². The largest absolute Gasteiger partial charge is 0.459 e. The maximum atomic E-state index is 13.0. The van der Waals surface area contributed by atoms with Crippen LogP contribution in [0.25, 0.3) is 0 Å². The lowest BCUT2D eigenvalue weighted by Gasteiger charge is -2.24. The minimum Gasteiger partial charge on any atom is -0.459 e. The van der Waals surface area contributed by atoms with E-state index in [-0.39, 0.29) is 35.7 Å². The summed E-state index contributed by atoms with van der Waals surface area (Å²) in [7, 11) is 1.38. The van der Waals surface area contributed by atoms with Gasteiger partial charge in [0.2, 0.25) is 0 Å². The second kappa shape index (κ2) is 12.9. The lowest BCUT2D eigenvalue weighted by atomic mass is 10.1. The third kappa shape index (κ3) is 6.83. The molecule has 0 bridgehead atoms. The van der Waals surface area contributed by atoms with E-state index in [2.05, 4.69) is 0 Å². The van der Waals surface area contributed by atoms with Crippen LogP contribution in [0.4, 0.5) is 11.4 Å². The predicted molar refractivity (Wildman–Crippen MR) is 136 cm³/mol. The molecule has 0 unspecified atom stereocenters. The number of nitro benzene ring substituents is 2. The fraction of sp³-hybridized carbons (Fsp3) is 0.259. The molecule has 3 aromatic rings. The number of ether oxygens (including phenoxy) is 5. The van der Waals surface area contributed by atoms with Crippen LogP contribution in [-0.4, -0.2) is 60.1 Å². The number of benzene rings is 3. The minimum absolute atomic E-state index is 0.0508. The Hall–Kier alpha value is -4.72. The third-order valence-corrected chi connectivity index (χ3v) is 6.03. The van der Waals surface area contributed by atoms with Gasteiger partial charge in [0.05, 0.1) is 27.6 Å². The molecule has 1 aliphatic heterocycles. The molecule has 1 saturated heterocycles. The van der Waals surface area contributed by atoms with E-state index in [1.165, 1.54) is 55.6 Å². The Bertz CT molecular complexity index is 1350. The number of esters is 2. The molecule has 13 nitrogen and oxygen atoms in total. The van der Waals surface area contributed by atoms with Crippen LogP contribution in [0.15, 0.2) is 78.9 Å². The summed E-state index contributed by atoms with van der Waals surface area (Å²) < 4.78 is 28.4. The second-order valence-electron chi connectivity index (χ2n) is 8.62. The van der Waals surface area contributed by atoms with E-state index < -0.39 is 46.4 Å². The second-order valence-corrected chi connectivity index (χ2v) is 8.62. The van der Waals surface area contributed by atoms with E-state index in [1.807, 2.05) is 30.3 Å². The van der Waals surface area contributed by atoms with E-state index in [9.17, 15) is 29.8 Å². The molecule has 4 atom stereocenters. The Morgan fingerprint density at radius 1 is 0.800 bits per heavy atom. The first-order chi connectivity index (χ1) is 19.3. The summed E-state index contributed by atoms with van der Waals surface area (Å²) >= 11 is 0. The highest BCUT2D eigenvalue weighted by Crippen LogP contribution is 2.30. The van der Waals surface area contributed by atoms with Crippen molar-refractivity contribution in [2.45, 2.75) is 31.2 Å². The van der Waals surface area contributed by atoms with Crippen molar-refractivity contribution in [2.75, 3.05) is 13.7 Å². The molecule has 0 amide bonds. The minimum atomic E-state index is -1.10. The van der Waals surface area contributed by atoms with Gasteiger partial charge in [0, 0.05) is 31.4 Å². The Morgan fingerprint density at radius 3 is 1.88 bits per heavy atom. The zero-order valence-corrected chi connectivity index (χ0v) is 21.1. The van der Waals surface area contributed by atoms with Crippen LogP contribution in [0.2, 0.25) is 0 Å². The summed E-state index contributed by atoms with van der Waals surface area (Å²) in [6.45, 7) is -0.227. The van der Waals surface area contributed by atoms with Crippen LogP contribution in [0.1, 0.15) is 26.3 Å². The number of methoxy groups -OCH3 is 1. The molecule has 0 saturated carbocycles. The van der Waals surface area contributed by atoms with Crippen LogP contribution >= 0.6 is 0 Å². The summed E-state index contributed by atoms with van der Waals surface area (Å²) in [5.41, 5.74) is 0.583. The maximum absolute atomic E-state index is 13.0. The van der Waals surface area contributed by atoms with Gasteiger partial charge in [-0.05, 0) is 29.8 Å². The topological polar surface area (TPSA) is 167 Å². The van der Waals surface area contributed by atoms with Crippen molar-refractivity contribution in [2.24, 2.45) is 0 Å². The number of carbonyl (C=O) groups excluding carboxylic acids is 2. The molecule has 1 heterocycles. The molecule has 0 radical (unpaired) electrons. The Morgan fingerprint density at radius 2 is 1.35 bits per heavy atom. The number of rotatable bonds is 11. The number of hydrogen-bond acceptors (Lipinski definition) is 11. The first kappa shape index (κ1) is 28.3. The van der Waals surface area contributed by atoms with Crippen LogP contribution in [-0.2, 0) is 30.3 Å². The first-order valence-corrected chi connectivity index (χ1v) is 12.0. The van der Waals surface area contributed by atoms with Crippen molar-refractivity contribution in [3.05, 3.63) is 116 Å². The molecule has 0 N–H and O–H groups in total. The first-order valence-electron chi connectivity index (χ1n) is 12.0. The number of nitro groups is 2. The monoisotopic (exact) mass is 552 g/mol. The quantitative estimate of drug-likeness (QED) is 0.193. The zero-order chi connectivity index (χ0) is 28.6. The number of non-ortho nitro benzene ring substituents is 2. The molecular formula is C27H24N2O11. The van der Waals surface area contributed by atoms with E-state index in [4.69, 9.17) is 23.7 Å². The Labute approximate surface area is 227 Å². The summed E-state index contributed by atoms with van der Waals surface area (Å²) in [5, 5.41) is 21.8. The van der Waals surface area contributed by atoms with Gasteiger partial charge in [0.1, 0.15) is 18.8 Å². The summed E-state index contributed by atoms with van der Waals surface area (Å²) in [6, 6.07) is 18.9. The fourth-order valence-electron chi connectivity index (χ4n) is 3.97.